The quantitative estimate of drug-likeness (QED) is 0.667. The molecule has 3 aromatic rings. The van der Waals surface area contributed by atoms with Crippen molar-refractivity contribution in [2.75, 3.05) is 31.1 Å². The van der Waals surface area contributed by atoms with Gasteiger partial charge in [-0.2, -0.15) is 9.40 Å². The van der Waals surface area contributed by atoms with E-state index in [1.807, 2.05) is 31.3 Å². The van der Waals surface area contributed by atoms with E-state index in [9.17, 15) is 8.42 Å². The Bertz CT molecular complexity index is 1030. The Morgan fingerprint density at radius 3 is 2.50 bits per heavy atom. The molecule has 28 heavy (non-hydrogen) atoms. The molecular formula is C19H22N6O2S. The number of sulfonamides is 1. The van der Waals surface area contributed by atoms with Crippen LogP contribution >= 0.6 is 0 Å². The molecule has 1 fully saturated rings. The average molecular weight is 398 g/mol. The van der Waals surface area contributed by atoms with Crippen molar-refractivity contribution in [3.63, 3.8) is 0 Å². The number of nitrogens with zero attached hydrogens (tertiary/aromatic N) is 6. The predicted molar refractivity (Wildman–Crippen MR) is 106 cm³/mol. The molecule has 1 aromatic carbocycles. The van der Waals surface area contributed by atoms with Gasteiger partial charge in [0.15, 0.2) is 5.82 Å². The number of hydrogen-bond acceptors (Lipinski definition) is 6. The molecule has 1 aliphatic rings. The zero-order chi connectivity index (χ0) is 19.6. The van der Waals surface area contributed by atoms with Crippen molar-refractivity contribution in [1.29, 1.82) is 0 Å². The van der Waals surface area contributed by atoms with Crippen LogP contribution in [0.3, 0.4) is 0 Å². The summed E-state index contributed by atoms with van der Waals surface area (Å²) >= 11 is 0. The van der Waals surface area contributed by atoms with Gasteiger partial charge in [-0.3, -0.25) is 4.98 Å². The van der Waals surface area contributed by atoms with Crippen LogP contribution in [0.5, 0.6) is 0 Å². The lowest BCUT2D eigenvalue weighted by molar-refractivity contribution is 0.433. The second-order valence-electron chi connectivity index (χ2n) is 6.74. The zero-order valence-electron chi connectivity index (χ0n) is 15.6. The molecular weight excluding hydrogens is 376 g/mol. The van der Waals surface area contributed by atoms with E-state index in [2.05, 4.69) is 20.0 Å². The van der Waals surface area contributed by atoms with E-state index in [0.29, 0.717) is 30.3 Å². The van der Waals surface area contributed by atoms with Gasteiger partial charge in [-0.05, 0) is 31.5 Å². The minimum Gasteiger partial charge on any atom is -0.354 e. The van der Waals surface area contributed by atoms with Crippen LogP contribution < -0.4 is 4.90 Å². The summed E-state index contributed by atoms with van der Waals surface area (Å²) in [7, 11) is -3.49. The number of rotatable bonds is 4. The summed E-state index contributed by atoms with van der Waals surface area (Å²) in [6.45, 7) is 4.11. The summed E-state index contributed by atoms with van der Waals surface area (Å²) in [6.07, 6.45) is 7.58. The fourth-order valence-corrected chi connectivity index (χ4v) is 4.70. The molecule has 0 atom stereocenters. The van der Waals surface area contributed by atoms with Crippen LogP contribution in [0.25, 0.3) is 5.82 Å². The Morgan fingerprint density at radius 2 is 1.75 bits per heavy atom. The first-order valence-electron chi connectivity index (χ1n) is 9.18. The standard InChI is InChI=1S/C19H22N6O2S/c1-16-4-6-17(7-5-16)28(26,27)24-10-3-9-23(12-13-24)18-14-20-15-19(22-18)25-11-2-8-21-25/h2,4-8,11,14-15H,3,9-10,12-13H2,1H3. The maximum Gasteiger partial charge on any atom is 0.243 e. The third kappa shape index (κ3) is 3.76. The van der Waals surface area contributed by atoms with E-state index in [-0.39, 0.29) is 0 Å². The molecule has 0 spiro atoms. The van der Waals surface area contributed by atoms with E-state index in [0.717, 1.165) is 24.3 Å². The van der Waals surface area contributed by atoms with Gasteiger partial charge in [-0.25, -0.2) is 18.1 Å². The highest BCUT2D eigenvalue weighted by atomic mass is 32.2. The van der Waals surface area contributed by atoms with Crippen molar-refractivity contribution >= 4 is 15.8 Å². The van der Waals surface area contributed by atoms with Gasteiger partial charge in [-0.15, -0.1) is 0 Å². The van der Waals surface area contributed by atoms with Crippen LogP contribution in [0.15, 0.2) is 60.0 Å². The average Bonchev–Trinajstić information content (AvgIpc) is 3.12. The minimum absolute atomic E-state index is 0.340. The minimum atomic E-state index is -3.49. The van der Waals surface area contributed by atoms with Crippen molar-refractivity contribution in [3.8, 4) is 5.82 Å². The highest BCUT2D eigenvalue weighted by Crippen LogP contribution is 2.20. The molecule has 3 heterocycles. The third-order valence-electron chi connectivity index (χ3n) is 4.79. The predicted octanol–water partition coefficient (Wildman–Crippen LogP) is 1.87. The molecule has 1 aliphatic heterocycles. The smallest absolute Gasteiger partial charge is 0.243 e. The molecule has 9 heteroatoms. The van der Waals surface area contributed by atoms with Crippen molar-refractivity contribution in [2.45, 2.75) is 18.2 Å². The van der Waals surface area contributed by atoms with Gasteiger partial charge in [0.2, 0.25) is 10.0 Å². The Balaban J connectivity index is 1.51. The Kier molecular flexibility index (Phi) is 5.10. The summed E-state index contributed by atoms with van der Waals surface area (Å²) in [4.78, 5) is 11.3. The van der Waals surface area contributed by atoms with E-state index < -0.39 is 10.0 Å². The third-order valence-corrected chi connectivity index (χ3v) is 6.70. The molecule has 0 radical (unpaired) electrons. The lowest BCUT2D eigenvalue weighted by Gasteiger charge is -2.22. The fourth-order valence-electron chi connectivity index (χ4n) is 3.24. The summed E-state index contributed by atoms with van der Waals surface area (Å²) in [5.74, 6) is 1.36. The van der Waals surface area contributed by atoms with Crippen LogP contribution in [0, 0.1) is 6.92 Å². The first-order valence-corrected chi connectivity index (χ1v) is 10.6. The van der Waals surface area contributed by atoms with Crippen LogP contribution in [-0.4, -0.2) is 58.7 Å². The SMILES string of the molecule is Cc1ccc(S(=O)(=O)N2CCCN(c3cncc(-n4cccn4)n3)CC2)cc1. The monoisotopic (exact) mass is 398 g/mol. The first kappa shape index (κ1) is 18.6. The molecule has 4 rings (SSSR count). The molecule has 0 saturated carbocycles. The summed E-state index contributed by atoms with van der Waals surface area (Å²) in [5.41, 5.74) is 1.04. The number of benzene rings is 1. The van der Waals surface area contributed by atoms with Crippen LogP contribution in [0.2, 0.25) is 0 Å². The van der Waals surface area contributed by atoms with Crippen molar-refractivity contribution in [2.24, 2.45) is 0 Å². The van der Waals surface area contributed by atoms with E-state index in [1.54, 1.807) is 39.7 Å². The first-order chi connectivity index (χ1) is 13.5. The maximum absolute atomic E-state index is 13.0. The van der Waals surface area contributed by atoms with E-state index in [1.165, 1.54) is 0 Å². The molecule has 0 bridgehead atoms. The van der Waals surface area contributed by atoms with Gasteiger partial charge in [0, 0.05) is 38.6 Å². The Morgan fingerprint density at radius 1 is 0.964 bits per heavy atom. The number of hydrogen-bond donors (Lipinski definition) is 0. The van der Waals surface area contributed by atoms with Gasteiger partial charge in [-0.1, -0.05) is 17.7 Å². The maximum atomic E-state index is 13.0. The normalized spacial score (nSPS) is 16.1. The van der Waals surface area contributed by atoms with Gasteiger partial charge in [0.1, 0.15) is 5.82 Å². The largest absolute Gasteiger partial charge is 0.354 e. The summed E-state index contributed by atoms with van der Waals surface area (Å²) < 4.78 is 29.2. The van der Waals surface area contributed by atoms with Crippen LogP contribution in [0.4, 0.5) is 5.82 Å². The van der Waals surface area contributed by atoms with Crippen molar-refractivity contribution < 1.29 is 8.42 Å². The fraction of sp³-hybridized carbons (Fsp3) is 0.316. The molecule has 2 aromatic heterocycles. The number of anilines is 1. The molecule has 0 unspecified atom stereocenters. The van der Waals surface area contributed by atoms with Crippen LogP contribution in [0.1, 0.15) is 12.0 Å². The van der Waals surface area contributed by atoms with E-state index >= 15 is 0 Å². The second-order valence-corrected chi connectivity index (χ2v) is 8.68. The number of aryl methyl sites for hydroxylation is 1. The lowest BCUT2D eigenvalue weighted by atomic mass is 10.2. The number of aromatic nitrogens is 4. The molecule has 146 valence electrons. The van der Waals surface area contributed by atoms with Gasteiger partial charge >= 0.3 is 0 Å². The molecule has 0 aliphatic carbocycles. The lowest BCUT2D eigenvalue weighted by Crippen LogP contribution is -2.35. The molecule has 1 saturated heterocycles. The highest BCUT2D eigenvalue weighted by Gasteiger charge is 2.27. The van der Waals surface area contributed by atoms with E-state index in [4.69, 9.17) is 0 Å². The van der Waals surface area contributed by atoms with Gasteiger partial charge in [0.25, 0.3) is 0 Å². The molecule has 8 nitrogen and oxygen atoms in total. The Labute approximate surface area is 164 Å². The highest BCUT2D eigenvalue weighted by molar-refractivity contribution is 7.89. The molecule has 0 amide bonds. The topological polar surface area (TPSA) is 84.2 Å². The van der Waals surface area contributed by atoms with Crippen molar-refractivity contribution in [1.82, 2.24) is 24.1 Å². The van der Waals surface area contributed by atoms with Gasteiger partial charge in [0.05, 0.1) is 17.3 Å². The molecule has 0 N–H and O–H groups in total. The summed E-state index contributed by atoms with van der Waals surface area (Å²) in [6, 6.07) is 8.83. The van der Waals surface area contributed by atoms with Gasteiger partial charge < -0.3 is 4.90 Å². The second kappa shape index (κ2) is 7.69. The Hall–Kier alpha value is -2.78. The zero-order valence-corrected chi connectivity index (χ0v) is 16.5. The van der Waals surface area contributed by atoms with Crippen LogP contribution in [-0.2, 0) is 10.0 Å². The van der Waals surface area contributed by atoms with Crippen molar-refractivity contribution in [3.05, 3.63) is 60.7 Å². The summed E-state index contributed by atoms with van der Waals surface area (Å²) in [5, 5.41) is 4.18.